The number of rotatable bonds is 52. The summed E-state index contributed by atoms with van der Waals surface area (Å²) in [4.78, 5) is 138. The molecule has 0 radical (unpaired) electrons. The molecule has 0 spiro atoms. The number of nitrogens with zero attached hydrogens (tertiary/aromatic N) is 16. The molecule has 15 rings (SSSR count). The van der Waals surface area contributed by atoms with E-state index < -0.39 is 245 Å². The number of ether oxygens (including phenoxy) is 16. The van der Waals surface area contributed by atoms with Crippen LogP contribution in [0.5, 0.6) is 0 Å². The first-order chi connectivity index (χ1) is 69.2. The van der Waals surface area contributed by atoms with Crippen LogP contribution in [0.1, 0.15) is 73.8 Å². The minimum absolute atomic E-state index is 0.00869. The topological polar surface area (TPSA) is 766 Å². The summed E-state index contributed by atoms with van der Waals surface area (Å²) in [6, 6.07) is 0. The molecule has 69 heteroatoms. The molecule has 9 aromatic rings. The standard InChI is InChI=1S/C76H109N22O39P5S3/c1-10-39-40(21-46(127-39)96-33-87-47-61(78)81-30-84-64(47)96)133-140(109,143)125-28-44-52(57(119-18-13-114-7)72(132-44)97-34-88-48-62(79)82-31-85-65(48)97)135-138(105,106)122-26-42-51(56(118-17-12-113-6)70(129-42)93-22-36(2)60(77)90-74(93)102)134-139(107,108)123-27-43-53(59(121-20-15-116-9)73(131-43)98-35-89-49-63(80)83-32-86-66(49)98)136-142(111,145)126-29-45-54(58(120-19-14-115-8)71(130-45)95-24-38(4)68(101)92-76(95)104)137-141(110,144)124-25-41-50(99)55(117-16-11-112-5)69(128-41)94-23-37(3)67(100)91-75(94)103/h22-24,30-35,39-46,50-59,69-73,99H,10-21,25-29H2,1-9H3,(H,105,106)(H,107,108)(H,109,143)(H,110,144)(H,111,145)(H2,77,90,102)(H2,78,81,84)(H2,79,82,85)(H2,80,83,86)(H,91,100,103)(H,92,101,104)/t39-,40-,41-,42-,43-,44-,45-,46-,50+,51+,52+,53+,54+,55?,56?,57?,58?,59?,69-,70-,71-,72-,73-,140?,141?,142?/m1/s1. The molecule has 145 heavy (non-hydrogen) atoms. The number of methoxy groups -OCH3 is 5. The largest absolute Gasteiger partial charge is 0.472 e. The van der Waals surface area contributed by atoms with Gasteiger partial charge in [-0.25, -0.2) is 82.1 Å². The monoisotopic (exact) mass is 2200 g/mol. The van der Waals surface area contributed by atoms with Gasteiger partial charge < -0.3 is 114 Å². The Labute approximate surface area is 835 Å². The van der Waals surface area contributed by atoms with Gasteiger partial charge in [0.05, 0.1) is 130 Å². The summed E-state index contributed by atoms with van der Waals surface area (Å²) in [6.45, 7) is -15.9. The minimum Gasteiger partial charge on any atom is -0.387 e. The molecule has 6 aliphatic rings. The van der Waals surface area contributed by atoms with E-state index in [9.17, 15) is 43.4 Å². The average molecular weight is 2210 g/mol. The van der Waals surface area contributed by atoms with Gasteiger partial charge in [0.2, 0.25) is 0 Å². The Morgan fingerprint density at radius 1 is 0.386 bits per heavy atom. The first-order valence-electron chi connectivity index (χ1n) is 44.4. The summed E-state index contributed by atoms with van der Waals surface area (Å²) < 4.78 is 240. The first kappa shape index (κ1) is 111. The number of aromatic nitrogens is 18. The maximum atomic E-state index is 15.6. The third kappa shape index (κ3) is 26.0. The van der Waals surface area contributed by atoms with Crippen LogP contribution in [-0.4, -0.2) is 341 Å². The number of hydrogen-bond donors (Lipinski definition) is 12. The number of thiol groups is 3. The number of aromatic amines is 2. The van der Waals surface area contributed by atoms with E-state index in [0.717, 1.165) is 32.6 Å². The number of phosphoric acid groups is 2. The van der Waals surface area contributed by atoms with Gasteiger partial charge in [-0.1, -0.05) is 43.7 Å². The SMILES string of the molecule is CC[C@H]1O[C@@H](n2cnc3c(N)ncnc32)C[C@H]1OP(=O)(S)OC[C@H]1O[C@@H](n2cnc3c(N)ncnc32)C(OCCOC)[C@H]1OP(=O)(O)OC[C@H]1O[C@@H](n2cc(C)c(N)nc2=O)C(OCCOC)[C@H]1OP(=O)(O)OC[C@H]1O[C@@H](n2cnc3c(N)ncnc32)C(OCCOC)[C@H]1OP(=O)(S)OC[C@H]1O[C@@H](n2cc(C)c(=O)[nH]c2=O)C(OCCOC)[C@H]1OP(=O)(S)OC[C@H]1O[C@@H](n2cc(C)c(=O)[nH]c2=O)C(OCCOC)[C@H]1O. The number of H-pyrrole nitrogens is 2. The van der Waals surface area contributed by atoms with E-state index >= 15 is 18.3 Å². The van der Waals surface area contributed by atoms with Crippen molar-refractivity contribution in [2.75, 3.05) is 158 Å². The summed E-state index contributed by atoms with van der Waals surface area (Å²) >= 11 is 13.2. The fraction of sp³-hybridized carbons (Fsp3) is 0.645. The lowest BCUT2D eigenvalue weighted by Crippen LogP contribution is -2.41. The van der Waals surface area contributed by atoms with Crippen molar-refractivity contribution >= 4 is 130 Å². The molecular formula is C76H109N22O39P5S3. The molecule has 0 aromatic carbocycles. The number of fused-ring (bicyclic) bond motifs is 3. The van der Waals surface area contributed by atoms with Crippen LogP contribution in [0, 0.1) is 20.8 Å². The second-order valence-corrected chi connectivity index (χ2v) is 44.6. The van der Waals surface area contributed by atoms with Crippen LogP contribution >= 0.6 is 72.8 Å². The van der Waals surface area contributed by atoms with E-state index in [2.05, 4.69) is 96.6 Å². The summed E-state index contributed by atoms with van der Waals surface area (Å²) in [7, 11) is -4.98. The highest BCUT2D eigenvalue weighted by Crippen LogP contribution is 2.62. The highest BCUT2D eigenvalue weighted by atomic mass is 32.7. The van der Waals surface area contributed by atoms with Crippen LogP contribution in [0.25, 0.3) is 33.5 Å². The zero-order valence-corrected chi connectivity index (χ0v) is 85.7. The highest BCUT2D eigenvalue weighted by molar-refractivity contribution is 8.45. The van der Waals surface area contributed by atoms with Crippen molar-refractivity contribution in [2.45, 2.75) is 182 Å². The van der Waals surface area contributed by atoms with Crippen LogP contribution in [0.15, 0.2) is 80.5 Å². The Morgan fingerprint density at radius 3 is 1.10 bits per heavy atom. The van der Waals surface area contributed by atoms with E-state index in [1.165, 1.54) is 103 Å². The Kier molecular flexibility index (Phi) is 37.0. The van der Waals surface area contributed by atoms with Crippen LogP contribution < -0.4 is 51.1 Å². The Balaban J connectivity index is 0.718. The zero-order valence-electron chi connectivity index (χ0n) is 78.6. The minimum atomic E-state index is -5.92. The highest BCUT2D eigenvalue weighted by Gasteiger charge is 2.59. The van der Waals surface area contributed by atoms with Gasteiger partial charge in [0.25, 0.3) is 11.1 Å². The van der Waals surface area contributed by atoms with Crippen LogP contribution in [0.3, 0.4) is 0 Å². The summed E-state index contributed by atoms with van der Waals surface area (Å²) in [6.07, 6.45) is -25.4. The van der Waals surface area contributed by atoms with Gasteiger partial charge in [0, 0.05) is 77.3 Å². The van der Waals surface area contributed by atoms with E-state index in [1.807, 2.05) is 0 Å². The Morgan fingerprint density at radius 2 is 0.710 bits per heavy atom. The molecule has 9 aromatic heterocycles. The smallest absolute Gasteiger partial charge is 0.387 e. The van der Waals surface area contributed by atoms with E-state index in [4.69, 9.17) is 144 Å². The van der Waals surface area contributed by atoms with E-state index in [1.54, 1.807) is 11.5 Å². The second kappa shape index (κ2) is 48.2. The molecule has 15 heterocycles. The maximum Gasteiger partial charge on any atom is 0.472 e. The third-order valence-electron chi connectivity index (χ3n) is 23.6. The fourth-order valence-corrected chi connectivity index (χ4v) is 23.1. The number of phosphoric ester groups is 2. The average Bonchev–Trinajstić information content (AvgIpc) is 1.60. The fourth-order valence-electron chi connectivity index (χ4n) is 16.7. The molecular weight excluding hydrogens is 2100 g/mol. The first-order valence-corrected chi connectivity index (χ1v) is 55.5. The Bertz CT molecular complexity index is 6580. The molecule has 0 saturated carbocycles. The van der Waals surface area contributed by atoms with Crippen molar-refractivity contribution in [3.63, 3.8) is 0 Å². The van der Waals surface area contributed by atoms with E-state index in [0.29, 0.717) is 17.6 Å². The van der Waals surface area contributed by atoms with Gasteiger partial charge in [0.1, 0.15) is 139 Å². The van der Waals surface area contributed by atoms with Gasteiger partial charge in [0.15, 0.2) is 65.5 Å². The predicted octanol–water partition coefficient (Wildman–Crippen LogP) is 1.14. The number of imidazole rings is 3. The number of nitrogens with one attached hydrogen (secondary N) is 2. The number of aliphatic hydroxyl groups is 1. The third-order valence-corrected chi connectivity index (χ3v) is 30.5. The van der Waals surface area contributed by atoms with Gasteiger partial charge >= 0.3 is 53.1 Å². The summed E-state index contributed by atoms with van der Waals surface area (Å²) in [5, 5.41) is 11.8. The maximum absolute atomic E-state index is 15.6. The lowest BCUT2D eigenvalue weighted by Gasteiger charge is -2.29. The quantitative estimate of drug-likeness (QED) is 0.0144. The van der Waals surface area contributed by atoms with Crippen molar-refractivity contribution in [1.82, 2.24) is 87.2 Å². The van der Waals surface area contributed by atoms with Crippen LogP contribution in [-0.2, 0) is 144 Å². The van der Waals surface area contributed by atoms with Crippen molar-refractivity contribution < 1.29 is 159 Å². The molecule has 800 valence electrons. The van der Waals surface area contributed by atoms with Crippen LogP contribution in [0.4, 0.5) is 23.3 Å². The lowest BCUT2D eigenvalue weighted by molar-refractivity contribution is -0.0843. The molecule has 0 aliphatic carbocycles. The van der Waals surface area contributed by atoms with E-state index in [-0.39, 0.29) is 128 Å². The van der Waals surface area contributed by atoms with Crippen molar-refractivity contribution in [2.24, 2.45) is 0 Å². The molecule has 6 fully saturated rings. The number of anilines is 4. The molecule has 28 atom stereocenters. The van der Waals surface area contributed by atoms with Gasteiger partial charge in [-0.3, -0.25) is 92.2 Å². The predicted molar refractivity (Wildman–Crippen MR) is 505 cm³/mol. The van der Waals surface area contributed by atoms with Crippen LogP contribution in [0.2, 0.25) is 0 Å². The van der Waals surface area contributed by atoms with Crippen molar-refractivity contribution in [1.29, 1.82) is 0 Å². The molecule has 6 aliphatic heterocycles. The van der Waals surface area contributed by atoms with Gasteiger partial charge in [-0.2, -0.15) is 4.98 Å². The number of nitrogens with two attached hydrogens (primary N) is 4. The molecule has 6 saturated heterocycles. The number of aliphatic hydroxyl groups excluding tert-OH is 1. The normalized spacial score (nSPS) is 29.2. The molecule has 0 amide bonds. The van der Waals surface area contributed by atoms with Crippen molar-refractivity contribution in [3.8, 4) is 0 Å². The second-order valence-electron chi connectivity index (χ2n) is 33.2. The lowest BCUT2D eigenvalue weighted by atomic mass is 10.1. The molecule has 10 unspecified atom stereocenters. The van der Waals surface area contributed by atoms with Crippen molar-refractivity contribution in [3.05, 3.63) is 125 Å². The number of nitrogen functional groups attached to an aromatic ring is 4. The number of aryl methyl sites for hydroxylation is 3. The molecule has 13 N–H and O–H groups in total. The summed E-state index contributed by atoms with van der Waals surface area (Å²) in [5.74, 6) is -0.299. The van der Waals surface area contributed by atoms with Gasteiger partial charge in [-0.05, 0) is 27.2 Å². The number of hydrogen-bond acceptors (Lipinski definition) is 51. The molecule has 0 bridgehead atoms. The molecule has 61 nitrogen and oxygen atoms in total. The zero-order chi connectivity index (χ0) is 104. The summed E-state index contributed by atoms with van der Waals surface area (Å²) in [5.41, 5.74) is 21.1. The Hall–Kier alpha value is -7.87. The van der Waals surface area contributed by atoms with Gasteiger partial charge in [-0.15, -0.1) is 0 Å².